The van der Waals surface area contributed by atoms with Crippen LogP contribution in [0.1, 0.15) is 36.0 Å². The molecule has 154 valence electrons. The first-order valence-corrected chi connectivity index (χ1v) is 10.6. The minimum absolute atomic E-state index is 0.0234. The summed E-state index contributed by atoms with van der Waals surface area (Å²) in [4.78, 5) is 14.9. The molecule has 0 aromatic heterocycles. The predicted molar refractivity (Wildman–Crippen MR) is 123 cm³/mol. The Morgan fingerprint density at radius 2 is 2.00 bits per heavy atom. The number of fused-ring (bicyclic) bond motifs is 1. The van der Waals surface area contributed by atoms with Gasteiger partial charge in [-0.15, -0.1) is 6.58 Å². The van der Waals surface area contributed by atoms with Crippen molar-refractivity contribution in [3.63, 3.8) is 0 Å². The van der Waals surface area contributed by atoms with E-state index in [4.69, 9.17) is 0 Å². The molecule has 1 aliphatic rings. The number of carbonyl (C=O) groups excluding carboxylic acids is 1. The van der Waals surface area contributed by atoms with Crippen molar-refractivity contribution in [2.45, 2.75) is 45.1 Å². The molecule has 2 aromatic rings. The number of benzene rings is 2. The molecule has 0 fully saturated rings. The Morgan fingerprint density at radius 3 is 2.76 bits per heavy atom. The molecule has 1 heterocycles. The van der Waals surface area contributed by atoms with Gasteiger partial charge in [0, 0.05) is 24.3 Å². The third kappa shape index (κ3) is 6.20. The smallest absolute Gasteiger partial charge is 0.247 e. The zero-order valence-corrected chi connectivity index (χ0v) is 17.7. The van der Waals surface area contributed by atoms with E-state index in [0.717, 1.165) is 37.3 Å². The summed E-state index contributed by atoms with van der Waals surface area (Å²) >= 11 is 0. The van der Waals surface area contributed by atoms with Crippen LogP contribution in [0.5, 0.6) is 0 Å². The van der Waals surface area contributed by atoms with Crippen LogP contribution in [0, 0.1) is 6.92 Å². The first kappa shape index (κ1) is 21.1. The Kier molecular flexibility index (Phi) is 7.48. The average Bonchev–Trinajstić information content (AvgIpc) is 3.13. The zero-order valence-electron chi connectivity index (χ0n) is 17.7. The lowest BCUT2D eigenvalue weighted by atomic mass is 10.0. The molecule has 1 atom stereocenters. The molecule has 0 radical (unpaired) electrons. The van der Waals surface area contributed by atoms with E-state index in [1.54, 1.807) is 0 Å². The molecule has 4 nitrogen and oxygen atoms in total. The van der Waals surface area contributed by atoms with Crippen LogP contribution in [-0.4, -0.2) is 37.0 Å². The summed E-state index contributed by atoms with van der Waals surface area (Å²) in [5.41, 5.74) is 5.73. The average molecular weight is 392 g/mol. The van der Waals surface area contributed by atoms with Crippen molar-refractivity contribution in [3.05, 3.63) is 71.8 Å². The lowest BCUT2D eigenvalue weighted by Gasteiger charge is -2.13. The Labute approximate surface area is 175 Å². The molecule has 1 aliphatic heterocycles. The third-order valence-electron chi connectivity index (χ3n) is 5.51. The highest BCUT2D eigenvalue weighted by Gasteiger charge is 2.26. The summed E-state index contributed by atoms with van der Waals surface area (Å²) in [6.07, 6.45) is 7.45. The van der Waals surface area contributed by atoms with E-state index in [2.05, 4.69) is 47.4 Å². The fourth-order valence-corrected chi connectivity index (χ4v) is 3.79. The molecule has 0 spiro atoms. The van der Waals surface area contributed by atoms with Gasteiger partial charge in [-0.2, -0.15) is 0 Å². The lowest BCUT2D eigenvalue weighted by Crippen LogP contribution is -2.32. The molecule has 1 amide bonds. The fourth-order valence-electron chi connectivity index (χ4n) is 3.79. The molecule has 0 aliphatic carbocycles. The molecule has 4 heteroatoms. The van der Waals surface area contributed by atoms with Gasteiger partial charge in [0.1, 0.15) is 6.04 Å². The SMILES string of the molecule is C=CCN(C)CCCCCc1ccc2c(c1)CC(C(=O)Nc1ccc(C)cc1)N2. The van der Waals surface area contributed by atoms with Gasteiger partial charge in [0.2, 0.25) is 5.91 Å². The second-order valence-corrected chi connectivity index (χ2v) is 8.11. The number of hydrogen-bond acceptors (Lipinski definition) is 3. The molecule has 29 heavy (non-hydrogen) atoms. The number of aryl methyl sites for hydroxylation is 2. The van der Waals surface area contributed by atoms with E-state index in [1.807, 2.05) is 37.3 Å². The van der Waals surface area contributed by atoms with Crippen LogP contribution in [-0.2, 0) is 17.6 Å². The highest BCUT2D eigenvalue weighted by molar-refractivity contribution is 5.98. The minimum Gasteiger partial charge on any atom is -0.373 e. The van der Waals surface area contributed by atoms with E-state index in [-0.39, 0.29) is 11.9 Å². The van der Waals surface area contributed by atoms with Crippen LogP contribution < -0.4 is 10.6 Å². The summed E-state index contributed by atoms with van der Waals surface area (Å²) < 4.78 is 0. The Hall–Kier alpha value is -2.59. The van der Waals surface area contributed by atoms with Gasteiger partial charge in [0.05, 0.1) is 0 Å². The molecule has 1 unspecified atom stereocenters. The molecule has 0 bridgehead atoms. The molecule has 0 saturated carbocycles. The second-order valence-electron chi connectivity index (χ2n) is 8.11. The second kappa shape index (κ2) is 10.3. The minimum atomic E-state index is -0.207. The Morgan fingerprint density at radius 1 is 1.21 bits per heavy atom. The Bertz CT molecular complexity index is 828. The largest absolute Gasteiger partial charge is 0.373 e. The van der Waals surface area contributed by atoms with Crippen molar-refractivity contribution in [3.8, 4) is 0 Å². The number of unbranched alkanes of at least 4 members (excludes halogenated alkanes) is 2. The van der Waals surface area contributed by atoms with Gasteiger partial charge in [-0.3, -0.25) is 4.79 Å². The van der Waals surface area contributed by atoms with Gasteiger partial charge < -0.3 is 15.5 Å². The van der Waals surface area contributed by atoms with E-state index in [1.165, 1.54) is 36.0 Å². The van der Waals surface area contributed by atoms with Crippen LogP contribution in [0.3, 0.4) is 0 Å². The molecule has 2 aromatic carbocycles. The van der Waals surface area contributed by atoms with Gasteiger partial charge in [-0.05, 0) is 69.1 Å². The number of amides is 1. The van der Waals surface area contributed by atoms with Gasteiger partial charge in [0.25, 0.3) is 0 Å². The van der Waals surface area contributed by atoms with Crippen LogP contribution in [0.2, 0.25) is 0 Å². The Balaban J connectivity index is 1.45. The standard InChI is InChI=1S/C25H33N3O/c1-4-15-28(3)16-7-5-6-8-20-11-14-23-21(17-20)18-24(27-23)25(29)26-22-12-9-19(2)10-13-22/h4,9-14,17,24,27H,1,5-8,15-16,18H2,2-3H3,(H,26,29). The van der Waals surface area contributed by atoms with E-state index < -0.39 is 0 Å². The molecular formula is C25H33N3O. The zero-order chi connectivity index (χ0) is 20.6. The quantitative estimate of drug-likeness (QED) is 0.452. The van der Waals surface area contributed by atoms with Crippen molar-refractivity contribution < 1.29 is 4.79 Å². The number of likely N-dealkylation sites (N-methyl/N-ethyl adjacent to an activating group) is 1. The van der Waals surface area contributed by atoms with E-state index >= 15 is 0 Å². The van der Waals surface area contributed by atoms with Crippen molar-refractivity contribution in [1.82, 2.24) is 4.90 Å². The van der Waals surface area contributed by atoms with E-state index in [0.29, 0.717) is 0 Å². The summed E-state index contributed by atoms with van der Waals surface area (Å²) in [5, 5.41) is 6.38. The number of nitrogens with one attached hydrogen (secondary N) is 2. The number of rotatable bonds is 10. The van der Waals surface area contributed by atoms with Gasteiger partial charge in [-0.25, -0.2) is 0 Å². The van der Waals surface area contributed by atoms with Crippen molar-refractivity contribution in [1.29, 1.82) is 0 Å². The lowest BCUT2D eigenvalue weighted by molar-refractivity contribution is -0.116. The van der Waals surface area contributed by atoms with Crippen LogP contribution in [0.15, 0.2) is 55.1 Å². The van der Waals surface area contributed by atoms with Crippen LogP contribution >= 0.6 is 0 Å². The number of hydrogen-bond donors (Lipinski definition) is 2. The monoisotopic (exact) mass is 391 g/mol. The van der Waals surface area contributed by atoms with Gasteiger partial charge in [0.15, 0.2) is 0 Å². The summed E-state index contributed by atoms with van der Waals surface area (Å²) in [6, 6.07) is 14.3. The van der Waals surface area contributed by atoms with Crippen molar-refractivity contribution in [2.24, 2.45) is 0 Å². The maximum Gasteiger partial charge on any atom is 0.247 e. The summed E-state index contributed by atoms with van der Waals surface area (Å²) in [6.45, 7) is 7.90. The first-order chi connectivity index (χ1) is 14.0. The van der Waals surface area contributed by atoms with Gasteiger partial charge in [-0.1, -0.05) is 42.3 Å². The van der Waals surface area contributed by atoms with Crippen molar-refractivity contribution >= 4 is 17.3 Å². The number of nitrogens with zero attached hydrogens (tertiary/aromatic N) is 1. The maximum absolute atomic E-state index is 12.6. The molecule has 3 rings (SSSR count). The van der Waals surface area contributed by atoms with Crippen molar-refractivity contribution in [2.75, 3.05) is 30.8 Å². The predicted octanol–water partition coefficient (Wildman–Crippen LogP) is 4.80. The topological polar surface area (TPSA) is 44.4 Å². The van der Waals surface area contributed by atoms with Gasteiger partial charge >= 0.3 is 0 Å². The number of anilines is 2. The third-order valence-corrected chi connectivity index (χ3v) is 5.51. The molecule has 2 N–H and O–H groups in total. The highest BCUT2D eigenvalue weighted by atomic mass is 16.2. The fraction of sp³-hybridized carbons (Fsp3) is 0.400. The summed E-state index contributed by atoms with van der Waals surface area (Å²) in [5.74, 6) is 0.0234. The van der Waals surface area contributed by atoms with Crippen LogP contribution in [0.4, 0.5) is 11.4 Å². The number of carbonyl (C=O) groups is 1. The molecule has 0 saturated heterocycles. The first-order valence-electron chi connectivity index (χ1n) is 10.6. The normalized spacial score (nSPS) is 15.1. The van der Waals surface area contributed by atoms with Crippen LogP contribution in [0.25, 0.3) is 0 Å². The van der Waals surface area contributed by atoms with E-state index in [9.17, 15) is 4.79 Å². The maximum atomic E-state index is 12.6. The highest BCUT2D eigenvalue weighted by Crippen LogP contribution is 2.28. The summed E-state index contributed by atoms with van der Waals surface area (Å²) in [7, 11) is 2.14. The molecular weight excluding hydrogens is 358 g/mol.